The third-order valence-corrected chi connectivity index (χ3v) is 5.08. The van der Waals surface area contributed by atoms with Gasteiger partial charge in [0, 0.05) is 25.2 Å². The van der Waals surface area contributed by atoms with Gasteiger partial charge in [-0.15, -0.1) is 0 Å². The van der Waals surface area contributed by atoms with Crippen LogP contribution in [-0.4, -0.2) is 55.4 Å². The summed E-state index contributed by atoms with van der Waals surface area (Å²) in [7, 11) is 0. The van der Waals surface area contributed by atoms with Crippen molar-refractivity contribution in [3.05, 3.63) is 35.4 Å². The minimum atomic E-state index is -0.260. The maximum atomic E-state index is 12.9. The van der Waals surface area contributed by atoms with E-state index < -0.39 is 0 Å². The first kappa shape index (κ1) is 20.3. The van der Waals surface area contributed by atoms with Crippen LogP contribution in [0.1, 0.15) is 45.1 Å². The highest BCUT2D eigenvalue weighted by Crippen LogP contribution is 2.23. The molecule has 3 rings (SSSR count). The Balaban J connectivity index is 1.57. The molecule has 2 saturated heterocycles. The Hall–Kier alpha value is -1.47. The van der Waals surface area contributed by atoms with Crippen molar-refractivity contribution in [1.82, 2.24) is 10.2 Å². The predicted molar refractivity (Wildman–Crippen MR) is 103 cm³/mol. The molecule has 2 aliphatic rings. The molecule has 2 heterocycles. The van der Waals surface area contributed by atoms with E-state index in [1.165, 1.54) is 0 Å². The second-order valence-electron chi connectivity index (χ2n) is 7.93. The van der Waals surface area contributed by atoms with Crippen LogP contribution >= 0.6 is 0 Å². The zero-order valence-corrected chi connectivity index (χ0v) is 16.8. The van der Waals surface area contributed by atoms with E-state index >= 15 is 0 Å². The molecule has 1 amide bonds. The summed E-state index contributed by atoms with van der Waals surface area (Å²) in [6.45, 7) is 11.7. The van der Waals surface area contributed by atoms with Gasteiger partial charge in [0.15, 0.2) is 6.29 Å². The lowest BCUT2D eigenvalue weighted by molar-refractivity contribution is -0.135. The van der Waals surface area contributed by atoms with Crippen molar-refractivity contribution < 1.29 is 19.0 Å². The fourth-order valence-electron chi connectivity index (χ4n) is 3.97. The molecule has 3 atom stereocenters. The summed E-state index contributed by atoms with van der Waals surface area (Å²) in [5.74, 6) is 0.319. The summed E-state index contributed by atoms with van der Waals surface area (Å²) < 4.78 is 16.8. The number of carbonyl (C=O) groups is 1. The average Bonchev–Trinajstić information content (AvgIpc) is 3.14. The number of carbonyl (C=O) groups excluding carboxylic acids is 1. The summed E-state index contributed by atoms with van der Waals surface area (Å²) in [5, 5.41) is 3.11. The van der Waals surface area contributed by atoms with Gasteiger partial charge in [0.25, 0.3) is 0 Å². The predicted octanol–water partition coefficient (Wildman–Crippen LogP) is 2.48. The van der Waals surface area contributed by atoms with Crippen LogP contribution in [0.3, 0.4) is 0 Å². The van der Waals surface area contributed by atoms with Crippen molar-refractivity contribution >= 4 is 5.91 Å². The van der Waals surface area contributed by atoms with Gasteiger partial charge in [0.1, 0.15) is 0 Å². The molecule has 6 nitrogen and oxygen atoms in total. The summed E-state index contributed by atoms with van der Waals surface area (Å²) >= 11 is 0. The Bertz CT molecular complexity index is 603. The molecule has 0 bridgehead atoms. The molecular formula is C21H32N2O4. The topological polar surface area (TPSA) is 60.0 Å². The molecule has 1 N–H and O–H groups in total. The number of nitrogens with zero attached hydrogens (tertiary/aromatic N) is 1. The van der Waals surface area contributed by atoms with Crippen LogP contribution in [0.4, 0.5) is 0 Å². The van der Waals surface area contributed by atoms with Crippen molar-refractivity contribution in [3.8, 4) is 0 Å². The second kappa shape index (κ2) is 9.15. The molecule has 2 fully saturated rings. The van der Waals surface area contributed by atoms with E-state index in [4.69, 9.17) is 14.2 Å². The lowest BCUT2D eigenvalue weighted by Gasteiger charge is -2.41. The number of ether oxygens (including phenoxy) is 3. The lowest BCUT2D eigenvalue weighted by Crippen LogP contribution is -2.56. The van der Waals surface area contributed by atoms with E-state index in [1.54, 1.807) is 0 Å². The highest BCUT2D eigenvalue weighted by molar-refractivity contribution is 5.82. The first-order valence-electron chi connectivity index (χ1n) is 9.93. The summed E-state index contributed by atoms with van der Waals surface area (Å²) in [5.41, 5.74) is 2.08. The molecular weight excluding hydrogens is 344 g/mol. The first-order valence-corrected chi connectivity index (χ1v) is 9.93. The Morgan fingerprint density at radius 3 is 2.26 bits per heavy atom. The molecule has 27 heavy (non-hydrogen) atoms. The van der Waals surface area contributed by atoms with E-state index in [-0.39, 0.29) is 36.4 Å². The van der Waals surface area contributed by atoms with E-state index in [9.17, 15) is 4.79 Å². The zero-order chi connectivity index (χ0) is 19.4. The average molecular weight is 376 g/mol. The van der Waals surface area contributed by atoms with Gasteiger partial charge in [-0.1, -0.05) is 38.1 Å². The molecule has 2 aliphatic heterocycles. The fraction of sp³-hybridized carbons (Fsp3) is 0.667. The molecule has 0 radical (unpaired) electrons. The molecule has 0 unspecified atom stereocenters. The molecule has 0 aromatic heterocycles. The SMILES string of the molecule is CC(C)[C@@H](C(=O)NCc1ccc(C2OCCO2)cc1)N1C[C@@H](C)O[C@@H](C)C1. The first-order chi connectivity index (χ1) is 12.9. The minimum absolute atomic E-state index is 0.0813. The maximum Gasteiger partial charge on any atom is 0.237 e. The number of benzene rings is 1. The Labute approximate surface area is 162 Å². The standard InChI is InChI=1S/C21H32N2O4/c1-14(2)19(23-12-15(3)27-16(4)13-23)20(24)22-11-17-5-7-18(8-6-17)21-25-9-10-26-21/h5-8,14-16,19,21H,9-13H2,1-4H3,(H,22,24)/t15-,16+,19-/m0/s1. The van der Waals surface area contributed by atoms with Crippen LogP contribution in [0.25, 0.3) is 0 Å². The van der Waals surface area contributed by atoms with Gasteiger partial charge >= 0.3 is 0 Å². The largest absolute Gasteiger partial charge is 0.373 e. The Morgan fingerprint density at radius 2 is 1.70 bits per heavy atom. The van der Waals surface area contributed by atoms with Gasteiger partial charge < -0.3 is 19.5 Å². The van der Waals surface area contributed by atoms with Crippen LogP contribution in [0.5, 0.6) is 0 Å². The van der Waals surface area contributed by atoms with Gasteiger partial charge in [-0.05, 0) is 25.3 Å². The second-order valence-corrected chi connectivity index (χ2v) is 7.93. The van der Waals surface area contributed by atoms with Gasteiger partial charge in [0.2, 0.25) is 5.91 Å². The van der Waals surface area contributed by atoms with E-state index in [0.29, 0.717) is 19.8 Å². The van der Waals surface area contributed by atoms with Gasteiger partial charge in [-0.2, -0.15) is 0 Å². The third-order valence-electron chi connectivity index (χ3n) is 5.08. The molecule has 6 heteroatoms. The van der Waals surface area contributed by atoms with Gasteiger partial charge in [-0.25, -0.2) is 0 Å². The zero-order valence-electron chi connectivity index (χ0n) is 16.8. The summed E-state index contributed by atoms with van der Waals surface area (Å²) in [4.78, 5) is 15.2. The summed E-state index contributed by atoms with van der Waals surface area (Å²) in [6, 6.07) is 7.90. The van der Waals surface area contributed by atoms with Crippen molar-refractivity contribution in [2.24, 2.45) is 5.92 Å². The molecule has 1 aromatic carbocycles. The number of hydrogen-bond donors (Lipinski definition) is 1. The number of amides is 1. The molecule has 0 aliphatic carbocycles. The minimum Gasteiger partial charge on any atom is -0.373 e. The van der Waals surface area contributed by atoms with E-state index in [1.807, 2.05) is 24.3 Å². The Morgan fingerprint density at radius 1 is 1.11 bits per heavy atom. The van der Waals surface area contributed by atoms with Crippen molar-refractivity contribution in [2.75, 3.05) is 26.3 Å². The van der Waals surface area contributed by atoms with Gasteiger partial charge in [0.05, 0.1) is 31.5 Å². The van der Waals surface area contributed by atoms with E-state index in [2.05, 4.69) is 37.9 Å². The highest BCUT2D eigenvalue weighted by atomic mass is 16.7. The lowest BCUT2D eigenvalue weighted by atomic mass is 9.99. The number of rotatable bonds is 6. The highest BCUT2D eigenvalue weighted by Gasteiger charge is 2.34. The smallest absolute Gasteiger partial charge is 0.237 e. The van der Waals surface area contributed by atoms with E-state index in [0.717, 1.165) is 24.2 Å². The van der Waals surface area contributed by atoms with Crippen molar-refractivity contribution in [3.63, 3.8) is 0 Å². The van der Waals surface area contributed by atoms with Gasteiger partial charge in [-0.3, -0.25) is 9.69 Å². The van der Waals surface area contributed by atoms with Crippen LogP contribution in [-0.2, 0) is 25.5 Å². The molecule has 0 spiro atoms. The van der Waals surface area contributed by atoms with Crippen molar-refractivity contribution in [2.45, 2.75) is 58.8 Å². The number of morpholine rings is 1. The molecule has 1 aromatic rings. The van der Waals surface area contributed by atoms with Crippen LogP contribution in [0.15, 0.2) is 24.3 Å². The Kier molecular flexibility index (Phi) is 6.87. The van der Waals surface area contributed by atoms with Crippen LogP contribution in [0, 0.1) is 5.92 Å². The number of hydrogen-bond acceptors (Lipinski definition) is 5. The van der Waals surface area contributed by atoms with Crippen LogP contribution in [0.2, 0.25) is 0 Å². The monoisotopic (exact) mass is 376 g/mol. The molecule has 150 valence electrons. The van der Waals surface area contributed by atoms with Crippen LogP contribution < -0.4 is 5.32 Å². The van der Waals surface area contributed by atoms with Crippen molar-refractivity contribution in [1.29, 1.82) is 0 Å². The normalized spacial score (nSPS) is 25.7. The molecule has 0 saturated carbocycles. The quantitative estimate of drug-likeness (QED) is 0.827. The number of nitrogens with one attached hydrogen (secondary N) is 1. The summed E-state index contributed by atoms with van der Waals surface area (Å²) in [6.07, 6.45) is 0.0370. The third kappa shape index (κ3) is 5.29. The maximum absolute atomic E-state index is 12.9. The fourth-order valence-corrected chi connectivity index (χ4v) is 3.97.